The average molecular weight is 293 g/mol. The second-order valence-corrected chi connectivity index (χ2v) is 5.18. The van der Waals surface area contributed by atoms with Gasteiger partial charge in [-0.15, -0.1) is 0 Å². The summed E-state index contributed by atoms with van der Waals surface area (Å²) in [7, 11) is 0. The Bertz CT molecular complexity index is 616. The van der Waals surface area contributed by atoms with Crippen LogP contribution in [0.1, 0.15) is 18.9 Å². The normalized spacial score (nSPS) is 11.2. The van der Waals surface area contributed by atoms with E-state index in [0.717, 1.165) is 29.4 Å². The molecule has 106 valence electrons. The van der Waals surface area contributed by atoms with Crippen molar-refractivity contribution in [1.82, 2.24) is 9.88 Å². The van der Waals surface area contributed by atoms with E-state index in [-0.39, 0.29) is 6.54 Å². The molecule has 0 radical (unpaired) electrons. The van der Waals surface area contributed by atoms with Crippen LogP contribution < -0.4 is 0 Å². The molecule has 5 heteroatoms. The highest BCUT2D eigenvalue weighted by atomic mass is 35.5. The fourth-order valence-electron chi connectivity index (χ4n) is 2.31. The van der Waals surface area contributed by atoms with Crippen LogP contribution in [-0.2, 0) is 11.3 Å². The Kier molecular flexibility index (Phi) is 4.93. The maximum Gasteiger partial charge on any atom is 0.317 e. The largest absolute Gasteiger partial charge is 0.480 e. The molecule has 0 atom stereocenters. The number of halogens is 1. The second-order valence-electron chi connectivity index (χ2n) is 4.74. The zero-order valence-corrected chi connectivity index (χ0v) is 12.1. The Morgan fingerprint density at radius 2 is 2.25 bits per heavy atom. The molecule has 1 heterocycles. The minimum Gasteiger partial charge on any atom is -0.480 e. The van der Waals surface area contributed by atoms with Gasteiger partial charge in [-0.25, -0.2) is 0 Å². The number of aromatic nitrogens is 1. The first-order valence-electron chi connectivity index (χ1n) is 6.57. The minimum atomic E-state index is -0.822. The van der Waals surface area contributed by atoms with Crippen molar-refractivity contribution >= 4 is 28.5 Å². The lowest BCUT2D eigenvalue weighted by molar-refractivity contribution is -0.138. The average Bonchev–Trinajstić information content (AvgIpc) is 2.38. The number of hydrogen-bond donors (Lipinski definition) is 1. The molecule has 0 saturated carbocycles. The number of aliphatic carboxylic acids is 1. The minimum absolute atomic E-state index is 0.0225. The summed E-state index contributed by atoms with van der Waals surface area (Å²) < 4.78 is 0. The van der Waals surface area contributed by atoms with E-state index in [2.05, 4.69) is 4.98 Å². The first kappa shape index (κ1) is 14.8. The van der Waals surface area contributed by atoms with Crippen molar-refractivity contribution in [2.24, 2.45) is 0 Å². The Balaban J connectivity index is 2.33. The molecule has 1 aromatic carbocycles. The molecule has 4 nitrogen and oxygen atoms in total. The molecule has 0 fully saturated rings. The van der Waals surface area contributed by atoms with Gasteiger partial charge in [0, 0.05) is 23.2 Å². The van der Waals surface area contributed by atoms with Crippen molar-refractivity contribution in [3.63, 3.8) is 0 Å². The van der Waals surface area contributed by atoms with Gasteiger partial charge < -0.3 is 5.11 Å². The lowest BCUT2D eigenvalue weighted by Crippen LogP contribution is -2.30. The standard InChI is InChI=1S/C15H17ClN2O2/c1-2-6-18(10-14(19)20)9-12-8-13(16)7-11-4-3-5-17-15(11)12/h3-5,7-8H,2,6,9-10H2,1H3,(H,19,20). The van der Waals surface area contributed by atoms with Gasteiger partial charge in [0.25, 0.3) is 0 Å². The van der Waals surface area contributed by atoms with Crippen molar-refractivity contribution < 1.29 is 9.90 Å². The van der Waals surface area contributed by atoms with Crippen molar-refractivity contribution in [3.05, 3.63) is 41.0 Å². The number of pyridine rings is 1. The van der Waals surface area contributed by atoms with Crippen LogP contribution in [0.25, 0.3) is 10.9 Å². The molecular formula is C15H17ClN2O2. The number of rotatable bonds is 6. The SMILES string of the molecule is CCCN(CC(=O)O)Cc1cc(Cl)cc2cccnc12. The van der Waals surface area contributed by atoms with Gasteiger partial charge in [0.05, 0.1) is 12.1 Å². The molecule has 0 aliphatic heterocycles. The number of carboxylic acid groups (broad SMARTS) is 1. The van der Waals surface area contributed by atoms with E-state index in [1.807, 2.05) is 36.1 Å². The van der Waals surface area contributed by atoms with Gasteiger partial charge in [-0.05, 0) is 36.7 Å². The van der Waals surface area contributed by atoms with Crippen molar-refractivity contribution in [3.8, 4) is 0 Å². The molecule has 0 aliphatic rings. The summed E-state index contributed by atoms with van der Waals surface area (Å²) in [5, 5.41) is 10.6. The second kappa shape index (κ2) is 6.68. The van der Waals surface area contributed by atoms with E-state index >= 15 is 0 Å². The molecule has 1 N–H and O–H groups in total. The van der Waals surface area contributed by atoms with Gasteiger partial charge in [-0.2, -0.15) is 0 Å². The number of hydrogen-bond acceptors (Lipinski definition) is 3. The summed E-state index contributed by atoms with van der Waals surface area (Å²) in [6.07, 6.45) is 2.64. The maximum atomic E-state index is 10.9. The fraction of sp³-hybridized carbons (Fsp3) is 0.333. The molecule has 0 aliphatic carbocycles. The summed E-state index contributed by atoms with van der Waals surface area (Å²) in [6.45, 7) is 3.32. The number of carboxylic acids is 1. The molecule has 0 spiro atoms. The van der Waals surface area contributed by atoms with Crippen LogP contribution in [0, 0.1) is 0 Å². The summed E-state index contributed by atoms with van der Waals surface area (Å²) in [5.74, 6) is -0.822. The van der Waals surface area contributed by atoms with E-state index in [1.54, 1.807) is 6.20 Å². The monoisotopic (exact) mass is 292 g/mol. The molecule has 0 saturated heterocycles. The third-order valence-electron chi connectivity index (χ3n) is 3.04. The Hall–Kier alpha value is -1.65. The number of fused-ring (bicyclic) bond motifs is 1. The Morgan fingerprint density at radius 3 is 2.95 bits per heavy atom. The first-order valence-corrected chi connectivity index (χ1v) is 6.95. The van der Waals surface area contributed by atoms with Crippen molar-refractivity contribution in [2.45, 2.75) is 19.9 Å². The van der Waals surface area contributed by atoms with E-state index in [4.69, 9.17) is 16.7 Å². The summed E-state index contributed by atoms with van der Waals surface area (Å²) >= 11 is 6.13. The van der Waals surface area contributed by atoms with Gasteiger partial charge in [0.15, 0.2) is 0 Å². The first-order chi connectivity index (χ1) is 9.60. The van der Waals surface area contributed by atoms with Crippen LogP contribution in [0.4, 0.5) is 0 Å². The molecule has 1 aromatic heterocycles. The lowest BCUT2D eigenvalue weighted by atomic mass is 10.1. The highest BCUT2D eigenvalue weighted by Gasteiger charge is 2.12. The van der Waals surface area contributed by atoms with E-state index in [9.17, 15) is 4.79 Å². The Morgan fingerprint density at radius 1 is 1.45 bits per heavy atom. The van der Waals surface area contributed by atoms with Gasteiger partial charge >= 0.3 is 5.97 Å². The third-order valence-corrected chi connectivity index (χ3v) is 3.26. The summed E-state index contributed by atoms with van der Waals surface area (Å²) in [5.41, 5.74) is 1.84. The molecule has 2 rings (SSSR count). The predicted molar refractivity (Wildman–Crippen MR) is 80.0 cm³/mol. The molecule has 20 heavy (non-hydrogen) atoms. The predicted octanol–water partition coefficient (Wildman–Crippen LogP) is 3.18. The molecule has 0 amide bonds. The zero-order valence-electron chi connectivity index (χ0n) is 11.3. The fourth-order valence-corrected chi connectivity index (χ4v) is 2.56. The topological polar surface area (TPSA) is 53.4 Å². The van der Waals surface area contributed by atoms with Gasteiger partial charge in [-0.1, -0.05) is 24.6 Å². The zero-order chi connectivity index (χ0) is 14.5. The number of nitrogens with zero attached hydrogens (tertiary/aromatic N) is 2. The van der Waals surface area contributed by atoms with E-state index < -0.39 is 5.97 Å². The van der Waals surface area contributed by atoms with Gasteiger partial charge in [0.2, 0.25) is 0 Å². The highest BCUT2D eigenvalue weighted by molar-refractivity contribution is 6.31. The van der Waals surface area contributed by atoms with Crippen LogP contribution in [0.5, 0.6) is 0 Å². The smallest absolute Gasteiger partial charge is 0.317 e. The lowest BCUT2D eigenvalue weighted by Gasteiger charge is -2.20. The molecule has 2 aromatic rings. The van der Waals surface area contributed by atoms with Crippen LogP contribution in [0.15, 0.2) is 30.5 Å². The molecule has 0 unspecified atom stereocenters. The number of carbonyl (C=O) groups is 1. The van der Waals surface area contributed by atoms with E-state index in [1.165, 1.54) is 0 Å². The van der Waals surface area contributed by atoms with Crippen LogP contribution in [-0.4, -0.2) is 34.0 Å². The summed E-state index contributed by atoms with van der Waals surface area (Å²) in [4.78, 5) is 17.2. The highest BCUT2D eigenvalue weighted by Crippen LogP contribution is 2.23. The van der Waals surface area contributed by atoms with Crippen LogP contribution >= 0.6 is 11.6 Å². The molecule has 0 bridgehead atoms. The summed E-state index contributed by atoms with van der Waals surface area (Å²) in [6, 6.07) is 7.55. The molecular weight excluding hydrogens is 276 g/mol. The van der Waals surface area contributed by atoms with Crippen LogP contribution in [0.2, 0.25) is 5.02 Å². The van der Waals surface area contributed by atoms with E-state index in [0.29, 0.717) is 11.6 Å². The van der Waals surface area contributed by atoms with Gasteiger partial charge in [-0.3, -0.25) is 14.7 Å². The maximum absolute atomic E-state index is 10.9. The van der Waals surface area contributed by atoms with Crippen LogP contribution in [0.3, 0.4) is 0 Å². The Labute approximate surface area is 123 Å². The third kappa shape index (κ3) is 3.68. The van der Waals surface area contributed by atoms with Crippen molar-refractivity contribution in [2.75, 3.05) is 13.1 Å². The quantitative estimate of drug-likeness (QED) is 0.888. The van der Waals surface area contributed by atoms with Gasteiger partial charge in [0.1, 0.15) is 0 Å². The number of benzene rings is 1. The van der Waals surface area contributed by atoms with Crippen molar-refractivity contribution in [1.29, 1.82) is 0 Å².